The molecule has 0 N–H and O–H groups in total. The number of piperidine rings is 1. The lowest BCUT2D eigenvalue weighted by Gasteiger charge is -2.38. The van der Waals surface area contributed by atoms with Gasteiger partial charge in [-0.25, -0.2) is 0 Å². The van der Waals surface area contributed by atoms with E-state index in [1.165, 1.54) is 51.5 Å². The smallest absolute Gasteiger partial charge is 0.0996 e. The highest BCUT2D eigenvalue weighted by Gasteiger charge is 2.37. The maximum atomic E-state index is 6.12. The highest BCUT2D eigenvalue weighted by molar-refractivity contribution is 4.89. The van der Waals surface area contributed by atoms with Crippen molar-refractivity contribution >= 4 is 0 Å². The third kappa shape index (κ3) is 2.02. The van der Waals surface area contributed by atoms with Crippen LogP contribution >= 0.6 is 0 Å². The second-order valence-electron chi connectivity index (χ2n) is 6.04. The van der Waals surface area contributed by atoms with Crippen LogP contribution in [0.1, 0.15) is 51.9 Å². The number of hydrogen-bond acceptors (Lipinski definition) is 2. The van der Waals surface area contributed by atoms with E-state index in [-0.39, 0.29) is 0 Å². The maximum absolute atomic E-state index is 6.12. The fourth-order valence-electron chi connectivity index (χ4n) is 3.97. The largest absolute Gasteiger partial charge is 0.363 e. The van der Waals surface area contributed by atoms with Crippen molar-refractivity contribution in [1.82, 2.24) is 4.90 Å². The van der Waals surface area contributed by atoms with Gasteiger partial charge in [0.1, 0.15) is 0 Å². The van der Waals surface area contributed by atoms with Crippen LogP contribution in [0.4, 0.5) is 0 Å². The number of nitrogens with zero attached hydrogens (tertiary/aromatic N) is 1. The van der Waals surface area contributed by atoms with Crippen LogP contribution in [-0.4, -0.2) is 30.3 Å². The summed E-state index contributed by atoms with van der Waals surface area (Å²) < 4.78 is 6.12. The Hall–Kier alpha value is -0.0800. The van der Waals surface area contributed by atoms with Gasteiger partial charge in [0, 0.05) is 12.6 Å². The molecule has 1 aliphatic carbocycles. The zero-order valence-corrected chi connectivity index (χ0v) is 10.5. The van der Waals surface area contributed by atoms with Crippen molar-refractivity contribution in [1.29, 1.82) is 0 Å². The molecular formula is C14H25NO. The Labute approximate surface area is 99.3 Å². The van der Waals surface area contributed by atoms with Gasteiger partial charge in [0.2, 0.25) is 0 Å². The summed E-state index contributed by atoms with van der Waals surface area (Å²) in [6.07, 6.45) is 10.4. The van der Waals surface area contributed by atoms with Crippen molar-refractivity contribution in [2.75, 3.05) is 13.3 Å². The zero-order valence-electron chi connectivity index (χ0n) is 10.5. The van der Waals surface area contributed by atoms with E-state index in [1.807, 2.05) is 0 Å². The van der Waals surface area contributed by atoms with Crippen molar-refractivity contribution in [3.05, 3.63) is 0 Å². The number of rotatable bonds is 1. The molecule has 2 saturated heterocycles. The minimum Gasteiger partial charge on any atom is -0.363 e. The maximum Gasteiger partial charge on any atom is 0.0996 e. The predicted molar refractivity (Wildman–Crippen MR) is 65.2 cm³/mol. The molecule has 0 spiro atoms. The number of fused-ring (bicyclic) bond motifs is 2. The van der Waals surface area contributed by atoms with E-state index in [9.17, 15) is 0 Å². The van der Waals surface area contributed by atoms with Crippen molar-refractivity contribution < 1.29 is 4.74 Å². The molecular weight excluding hydrogens is 198 g/mol. The van der Waals surface area contributed by atoms with E-state index < -0.39 is 0 Å². The monoisotopic (exact) mass is 223 g/mol. The number of hydrogen-bond donors (Lipinski definition) is 0. The summed E-state index contributed by atoms with van der Waals surface area (Å²) >= 11 is 0. The zero-order chi connectivity index (χ0) is 11.0. The standard InChI is InChI=1S/C14H25NO/c1-2-11-6-7-13-8-12-4-3-5-14(12)16-10-15(13)9-11/h11-14H,2-10H2,1H3/t11-,12-,13-,14+/m1/s1. The lowest BCUT2D eigenvalue weighted by Crippen LogP contribution is -2.43. The Bertz CT molecular complexity index is 243. The third-order valence-corrected chi connectivity index (χ3v) is 5.11. The molecule has 92 valence electrons. The molecule has 0 bridgehead atoms. The van der Waals surface area contributed by atoms with Gasteiger partial charge in [0.05, 0.1) is 12.8 Å². The molecule has 0 aromatic carbocycles. The van der Waals surface area contributed by atoms with Crippen molar-refractivity contribution in [2.45, 2.75) is 64.0 Å². The summed E-state index contributed by atoms with van der Waals surface area (Å²) in [5.41, 5.74) is 0. The van der Waals surface area contributed by atoms with E-state index in [4.69, 9.17) is 4.74 Å². The molecule has 2 nitrogen and oxygen atoms in total. The Morgan fingerprint density at radius 1 is 1.19 bits per heavy atom. The lowest BCUT2D eigenvalue weighted by molar-refractivity contribution is -0.0374. The van der Waals surface area contributed by atoms with Crippen LogP contribution in [0, 0.1) is 11.8 Å². The molecule has 1 saturated carbocycles. The van der Waals surface area contributed by atoms with Crippen LogP contribution < -0.4 is 0 Å². The third-order valence-electron chi connectivity index (χ3n) is 5.11. The van der Waals surface area contributed by atoms with E-state index in [2.05, 4.69) is 11.8 Å². The number of ether oxygens (including phenoxy) is 1. The molecule has 2 heterocycles. The van der Waals surface area contributed by atoms with Crippen LogP contribution in [0.25, 0.3) is 0 Å². The van der Waals surface area contributed by atoms with Crippen LogP contribution in [0.5, 0.6) is 0 Å². The Kier molecular flexibility index (Phi) is 3.21. The summed E-state index contributed by atoms with van der Waals surface area (Å²) in [7, 11) is 0. The Morgan fingerprint density at radius 2 is 2.12 bits per heavy atom. The van der Waals surface area contributed by atoms with Gasteiger partial charge in [-0.3, -0.25) is 4.90 Å². The van der Waals surface area contributed by atoms with Crippen LogP contribution in [0.15, 0.2) is 0 Å². The first-order chi connectivity index (χ1) is 7.86. The van der Waals surface area contributed by atoms with Crippen molar-refractivity contribution in [3.63, 3.8) is 0 Å². The lowest BCUT2D eigenvalue weighted by atomic mass is 9.86. The molecule has 3 rings (SSSR count). The first kappa shape index (κ1) is 11.0. The van der Waals surface area contributed by atoms with Gasteiger partial charge in [0.15, 0.2) is 0 Å². The molecule has 2 aliphatic heterocycles. The summed E-state index contributed by atoms with van der Waals surface area (Å²) in [4.78, 5) is 2.63. The molecule has 0 amide bonds. The van der Waals surface area contributed by atoms with Gasteiger partial charge in [-0.05, 0) is 43.9 Å². The first-order valence-corrected chi connectivity index (χ1v) is 7.22. The quantitative estimate of drug-likeness (QED) is 0.677. The second kappa shape index (κ2) is 4.66. The first-order valence-electron chi connectivity index (χ1n) is 7.22. The summed E-state index contributed by atoms with van der Waals surface area (Å²) in [6.45, 7) is 4.54. The molecule has 0 aromatic rings. The normalized spacial score (nSPS) is 44.8. The van der Waals surface area contributed by atoms with Gasteiger partial charge in [0.25, 0.3) is 0 Å². The predicted octanol–water partition coefficient (Wildman–Crippen LogP) is 3.02. The minimum absolute atomic E-state index is 0.602. The van der Waals surface area contributed by atoms with Gasteiger partial charge in [-0.1, -0.05) is 19.8 Å². The summed E-state index contributed by atoms with van der Waals surface area (Å²) in [5, 5.41) is 0. The topological polar surface area (TPSA) is 12.5 Å². The highest BCUT2D eigenvalue weighted by Crippen LogP contribution is 2.38. The molecule has 2 heteroatoms. The summed E-state index contributed by atoms with van der Waals surface area (Å²) in [5.74, 6) is 1.81. The highest BCUT2D eigenvalue weighted by atomic mass is 16.5. The molecule has 0 radical (unpaired) electrons. The van der Waals surface area contributed by atoms with E-state index in [1.54, 1.807) is 0 Å². The summed E-state index contributed by atoms with van der Waals surface area (Å²) in [6, 6.07) is 0.843. The molecule has 3 aliphatic rings. The van der Waals surface area contributed by atoms with Gasteiger partial charge < -0.3 is 4.74 Å². The van der Waals surface area contributed by atoms with E-state index >= 15 is 0 Å². The molecule has 3 fully saturated rings. The van der Waals surface area contributed by atoms with E-state index in [0.29, 0.717) is 6.10 Å². The molecule has 0 aromatic heterocycles. The molecule has 16 heavy (non-hydrogen) atoms. The second-order valence-corrected chi connectivity index (χ2v) is 6.04. The van der Waals surface area contributed by atoms with Crippen LogP contribution in [0.3, 0.4) is 0 Å². The fourth-order valence-corrected chi connectivity index (χ4v) is 3.97. The van der Waals surface area contributed by atoms with Gasteiger partial charge in [-0.15, -0.1) is 0 Å². The van der Waals surface area contributed by atoms with Crippen LogP contribution in [0.2, 0.25) is 0 Å². The van der Waals surface area contributed by atoms with Crippen molar-refractivity contribution in [3.8, 4) is 0 Å². The van der Waals surface area contributed by atoms with Crippen LogP contribution in [-0.2, 0) is 4.74 Å². The SMILES string of the molecule is CC[C@@H]1CC[C@@H]2C[C@H]3CCC[C@@H]3OCN2C1. The van der Waals surface area contributed by atoms with Crippen molar-refractivity contribution in [2.24, 2.45) is 11.8 Å². The van der Waals surface area contributed by atoms with E-state index in [0.717, 1.165) is 24.6 Å². The average molecular weight is 223 g/mol. The minimum atomic E-state index is 0.602. The Morgan fingerprint density at radius 3 is 3.00 bits per heavy atom. The Balaban J connectivity index is 1.66. The average Bonchev–Trinajstić information content (AvgIpc) is 2.68. The van der Waals surface area contributed by atoms with Gasteiger partial charge >= 0.3 is 0 Å². The van der Waals surface area contributed by atoms with Gasteiger partial charge in [-0.2, -0.15) is 0 Å². The fraction of sp³-hybridized carbons (Fsp3) is 1.00. The molecule has 4 atom stereocenters. The molecule has 0 unspecified atom stereocenters.